The second-order valence-electron chi connectivity index (χ2n) is 7.50. The zero-order valence-corrected chi connectivity index (χ0v) is 20.9. The Morgan fingerprint density at radius 3 is 1.76 bits per heavy atom. The maximum absolute atomic E-state index is 12.3. The molecular weight excluding hydrogens is 474 g/mol. The molecule has 0 aromatic heterocycles. The minimum Gasteiger partial charge on any atom is -0.462 e. The van der Waals surface area contributed by atoms with Gasteiger partial charge in [-0.25, -0.2) is 0 Å². The molecule has 0 spiro atoms. The Hall–Kier alpha value is -2.83. The summed E-state index contributed by atoms with van der Waals surface area (Å²) in [6.45, 7) is 6.68. The quantitative estimate of drug-likeness (QED) is 0.302. The van der Waals surface area contributed by atoms with Crippen molar-refractivity contribution in [2.45, 2.75) is 77.8 Å². The van der Waals surface area contributed by atoms with Crippen molar-refractivity contribution in [2.75, 3.05) is 18.9 Å². The van der Waals surface area contributed by atoms with Gasteiger partial charge < -0.3 is 28.6 Å². The number of carbonyl (C=O) groups is 6. The number of carbonyl (C=O) groups excluding carboxylic acids is 6. The predicted molar refractivity (Wildman–Crippen MR) is 117 cm³/mol. The largest absolute Gasteiger partial charge is 0.462 e. The topological polar surface area (TPSA) is 152 Å². The summed E-state index contributed by atoms with van der Waals surface area (Å²) < 4.78 is 26.5. The average molecular weight is 506 g/mol. The third kappa shape index (κ3) is 9.57. The third-order valence-electron chi connectivity index (χ3n) is 4.51. The van der Waals surface area contributed by atoms with Crippen LogP contribution in [-0.4, -0.2) is 89.3 Å². The molecule has 0 aliphatic carbocycles. The van der Waals surface area contributed by atoms with Gasteiger partial charge >= 0.3 is 29.8 Å². The zero-order valence-electron chi connectivity index (χ0n) is 20.1. The Morgan fingerprint density at radius 1 is 0.765 bits per heavy atom. The van der Waals surface area contributed by atoms with Crippen LogP contribution in [0.3, 0.4) is 0 Å². The molecule has 1 saturated heterocycles. The van der Waals surface area contributed by atoms with Gasteiger partial charge in [-0.2, -0.15) is 0 Å². The third-order valence-corrected chi connectivity index (χ3v) is 5.90. The standard InChI is InChI=1S/C21H31NO11S/c1-11(23)22-8-7-9-34-21(22)20(33-16(6)28)19(32-15(5)27)18(31-14(4)26)17(30-13(3)25)10-29-12(2)24/h17-21H,7-10H2,1-6H3/t17-,18+,19+,20+,21+/m0/s1. The summed E-state index contributed by atoms with van der Waals surface area (Å²) in [7, 11) is 0. The highest BCUT2D eigenvalue weighted by molar-refractivity contribution is 7.99. The van der Waals surface area contributed by atoms with Gasteiger partial charge in [-0.15, -0.1) is 11.8 Å². The molecule has 0 aromatic rings. The van der Waals surface area contributed by atoms with Crippen LogP contribution < -0.4 is 0 Å². The van der Waals surface area contributed by atoms with E-state index in [0.717, 1.165) is 34.6 Å². The van der Waals surface area contributed by atoms with Gasteiger partial charge in [0.05, 0.1) is 0 Å². The fraction of sp³-hybridized carbons (Fsp3) is 0.714. The number of ether oxygens (including phenoxy) is 5. The molecule has 5 atom stereocenters. The molecule has 12 nitrogen and oxygen atoms in total. The van der Waals surface area contributed by atoms with E-state index in [1.807, 2.05) is 0 Å². The monoisotopic (exact) mass is 505 g/mol. The van der Waals surface area contributed by atoms with Crippen LogP contribution in [-0.2, 0) is 52.5 Å². The lowest BCUT2D eigenvalue weighted by molar-refractivity contribution is -0.205. The normalized spacial score (nSPS) is 19.0. The molecule has 1 fully saturated rings. The highest BCUT2D eigenvalue weighted by Gasteiger charge is 2.49. The lowest BCUT2D eigenvalue weighted by Crippen LogP contribution is -2.60. The van der Waals surface area contributed by atoms with Crippen molar-refractivity contribution in [3.8, 4) is 0 Å². The van der Waals surface area contributed by atoms with Crippen LogP contribution in [0.4, 0.5) is 0 Å². The van der Waals surface area contributed by atoms with Crippen molar-refractivity contribution < 1.29 is 52.5 Å². The Bertz CT molecular complexity index is 787. The lowest BCUT2D eigenvalue weighted by Gasteiger charge is -2.43. The van der Waals surface area contributed by atoms with Crippen LogP contribution in [0.25, 0.3) is 0 Å². The van der Waals surface area contributed by atoms with Crippen LogP contribution in [0.1, 0.15) is 48.0 Å². The maximum atomic E-state index is 12.3. The summed E-state index contributed by atoms with van der Waals surface area (Å²) in [6, 6.07) is 0. The Morgan fingerprint density at radius 2 is 1.29 bits per heavy atom. The Kier molecular flexibility index (Phi) is 11.8. The van der Waals surface area contributed by atoms with Gasteiger partial charge in [-0.3, -0.25) is 28.8 Å². The number of thioether (sulfide) groups is 1. The van der Waals surface area contributed by atoms with Crippen molar-refractivity contribution in [3.63, 3.8) is 0 Å². The number of hydrogen-bond acceptors (Lipinski definition) is 12. The summed E-state index contributed by atoms with van der Waals surface area (Å²) in [5.74, 6) is -3.59. The summed E-state index contributed by atoms with van der Waals surface area (Å²) >= 11 is 1.29. The molecule has 1 aliphatic rings. The van der Waals surface area contributed by atoms with Gasteiger partial charge in [0, 0.05) is 48.1 Å². The first kappa shape index (κ1) is 29.2. The van der Waals surface area contributed by atoms with Crippen LogP contribution in [0.5, 0.6) is 0 Å². The van der Waals surface area contributed by atoms with E-state index < -0.39 is 66.2 Å². The molecular formula is C21H31NO11S. The molecule has 1 aliphatic heterocycles. The Labute approximate surface area is 201 Å². The first-order valence-corrected chi connectivity index (χ1v) is 11.6. The van der Waals surface area contributed by atoms with Crippen molar-refractivity contribution in [2.24, 2.45) is 0 Å². The van der Waals surface area contributed by atoms with E-state index in [1.54, 1.807) is 0 Å². The molecule has 0 saturated carbocycles. The smallest absolute Gasteiger partial charge is 0.303 e. The molecule has 1 amide bonds. The van der Waals surface area contributed by atoms with E-state index in [-0.39, 0.29) is 5.91 Å². The second kappa shape index (κ2) is 13.8. The van der Waals surface area contributed by atoms with E-state index >= 15 is 0 Å². The molecule has 1 heterocycles. The average Bonchev–Trinajstić information content (AvgIpc) is 2.71. The Balaban J connectivity index is 3.60. The molecule has 0 radical (unpaired) electrons. The summed E-state index contributed by atoms with van der Waals surface area (Å²) in [6.07, 6.45) is -5.09. The van der Waals surface area contributed by atoms with E-state index in [2.05, 4.69) is 0 Å². The molecule has 0 bridgehead atoms. The maximum Gasteiger partial charge on any atom is 0.303 e. The van der Waals surface area contributed by atoms with Gasteiger partial charge in [0.25, 0.3) is 0 Å². The number of hydrogen-bond donors (Lipinski definition) is 0. The van der Waals surface area contributed by atoms with E-state index in [0.29, 0.717) is 18.7 Å². The lowest BCUT2D eigenvalue weighted by atomic mass is 10.0. The number of nitrogens with zero attached hydrogens (tertiary/aromatic N) is 1. The molecule has 0 N–H and O–H groups in total. The van der Waals surface area contributed by atoms with Crippen LogP contribution >= 0.6 is 11.8 Å². The van der Waals surface area contributed by atoms with E-state index in [4.69, 9.17) is 23.7 Å². The number of rotatable bonds is 10. The highest BCUT2D eigenvalue weighted by atomic mass is 32.2. The number of esters is 5. The fourth-order valence-electron chi connectivity index (χ4n) is 3.41. The van der Waals surface area contributed by atoms with Gasteiger partial charge in [0.1, 0.15) is 12.0 Å². The van der Waals surface area contributed by atoms with Crippen molar-refractivity contribution in [1.82, 2.24) is 4.90 Å². The van der Waals surface area contributed by atoms with E-state index in [1.165, 1.54) is 23.6 Å². The van der Waals surface area contributed by atoms with Crippen molar-refractivity contribution >= 4 is 47.5 Å². The van der Waals surface area contributed by atoms with Gasteiger partial charge in [0.15, 0.2) is 24.4 Å². The highest BCUT2D eigenvalue weighted by Crippen LogP contribution is 2.32. The van der Waals surface area contributed by atoms with Gasteiger partial charge in [-0.05, 0) is 12.2 Å². The van der Waals surface area contributed by atoms with Crippen molar-refractivity contribution in [3.05, 3.63) is 0 Å². The SMILES string of the molecule is CC(=O)OC[C@H](OC(C)=O)[C@@H](OC(C)=O)[C@@H](OC(C)=O)[C@@H](OC(C)=O)[C@H]1SCCCN1C(C)=O. The molecule has 0 aromatic carbocycles. The first-order chi connectivity index (χ1) is 15.8. The van der Waals surface area contributed by atoms with Crippen molar-refractivity contribution in [1.29, 1.82) is 0 Å². The van der Waals surface area contributed by atoms with Crippen LogP contribution in [0.15, 0.2) is 0 Å². The van der Waals surface area contributed by atoms with Crippen LogP contribution in [0.2, 0.25) is 0 Å². The summed E-state index contributed by atoms with van der Waals surface area (Å²) in [5.41, 5.74) is 0. The molecule has 0 unspecified atom stereocenters. The van der Waals surface area contributed by atoms with Gasteiger partial charge in [-0.1, -0.05) is 0 Å². The second-order valence-corrected chi connectivity index (χ2v) is 8.72. The minimum absolute atomic E-state index is 0.309. The molecule has 34 heavy (non-hydrogen) atoms. The summed E-state index contributed by atoms with van der Waals surface area (Å²) in [4.78, 5) is 73.0. The number of amides is 1. The zero-order chi connectivity index (χ0) is 26.0. The van der Waals surface area contributed by atoms with E-state index in [9.17, 15) is 28.8 Å². The van der Waals surface area contributed by atoms with Crippen LogP contribution in [0, 0.1) is 0 Å². The van der Waals surface area contributed by atoms with Gasteiger partial charge in [0.2, 0.25) is 5.91 Å². The molecule has 13 heteroatoms. The fourth-order valence-corrected chi connectivity index (χ4v) is 4.78. The molecule has 192 valence electrons. The molecule has 1 rings (SSSR count). The first-order valence-electron chi connectivity index (χ1n) is 10.5. The summed E-state index contributed by atoms with van der Waals surface area (Å²) in [5, 5.41) is -0.802. The minimum atomic E-state index is -1.54. The predicted octanol–water partition coefficient (Wildman–Crippen LogP) is 0.588.